The molecule has 0 bridgehead atoms. The molecule has 9 heteroatoms. The Bertz CT molecular complexity index is 920. The number of amides is 1. The van der Waals surface area contributed by atoms with Crippen LogP contribution >= 0.6 is 0 Å². The van der Waals surface area contributed by atoms with Gasteiger partial charge in [0, 0.05) is 36.8 Å². The first-order valence-corrected chi connectivity index (χ1v) is 7.11. The maximum atomic E-state index is 12.5. The van der Waals surface area contributed by atoms with Gasteiger partial charge in [-0.05, 0) is 6.07 Å². The molecule has 9 nitrogen and oxygen atoms in total. The lowest BCUT2D eigenvalue weighted by molar-refractivity contribution is -0.0804. The Kier molecular flexibility index (Phi) is 2.85. The number of fused-ring (bicyclic) bond motifs is 1. The molecule has 0 unspecified atom stereocenters. The molecule has 1 amide bonds. The third-order valence-electron chi connectivity index (χ3n) is 3.99. The SMILES string of the molecule is O=C(c1c[nH]n2c(=O)ccnc12)N1CC(O)(Cc2ccn[nH]2)C1. The second kappa shape index (κ2) is 4.78. The van der Waals surface area contributed by atoms with Crippen LogP contribution in [0.25, 0.3) is 5.65 Å². The number of aliphatic hydroxyl groups is 1. The van der Waals surface area contributed by atoms with Crippen molar-refractivity contribution in [2.24, 2.45) is 0 Å². The number of hydrogen-bond donors (Lipinski definition) is 3. The minimum Gasteiger partial charge on any atom is -0.386 e. The summed E-state index contributed by atoms with van der Waals surface area (Å²) in [4.78, 5) is 29.8. The van der Waals surface area contributed by atoms with Gasteiger partial charge in [-0.3, -0.25) is 19.8 Å². The van der Waals surface area contributed by atoms with Gasteiger partial charge in [0.2, 0.25) is 0 Å². The first kappa shape index (κ1) is 13.7. The van der Waals surface area contributed by atoms with Crippen LogP contribution in [-0.2, 0) is 6.42 Å². The lowest BCUT2D eigenvalue weighted by Gasteiger charge is -2.46. The zero-order valence-corrected chi connectivity index (χ0v) is 12.1. The molecule has 0 aliphatic carbocycles. The molecule has 3 N–H and O–H groups in total. The number of carbonyl (C=O) groups excluding carboxylic acids is 1. The van der Waals surface area contributed by atoms with E-state index in [1.54, 1.807) is 12.3 Å². The Morgan fingerprint density at radius 1 is 1.35 bits per heavy atom. The Hall–Kier alpha value is -2.94. The summed E-state index contributed by atoms with van der Waals surface area (Å²) < 4.78 is 1.21. The normalized spacial score (nSPS) is 16.5. The van der Waals surface area contributed by atoms with E-state index in [-0.39, 0.29) is 30.2 Å². The average Bonchev–Trinajstić information content (AvgIpc) is 3.13. The number of hydrogen-bond acceptors (Lipinski definition) is 5. The van der Waals surface area contributed by atoms with E-state index in [0.717, 1.165) is 5.69 Å². The molecular weight excluding hydrogens is 300 g/mol. The summed E-state index contributed by atoms with van der Waals surface area (Å²) in [7, 11) is 0. The van der Waals surface area contributed by atoms with Gasteiger partial charge in [-0.1, -0.05) is 0 Å². The lowest BCUT2D eigenvalue weighted by atomic mass is 9.88. The fourth-order valence-electron chi connectivity index (χ4n) is 2.90. The van der Waals surface area contributed by atoms with Crippen LogP contribution in [0.5, 0.6) is 0 Å². The molecule has 0 aromatic carbocycles. The van der Waals surface area contributed by atoms with Crippen molar-refractivity contribution in [1.82, 2.24) is 29.7 Å². The molecule has 1 saturated heterocycles. The van der Waals surface area contributed by atoms with Crippen LogP contribution in [0.4, 0.5) is 0 Å². The van der Waals surface area contributed by atoms with Crippen LogP contribution in [0, 0.1) is 0 Å². The van der Waals surface area contributed by atoms with E-state index in [1.165, 1.54) is 27.9 Å². The number of β-amino-alcohol motifs (C(OH)–C–C–N with tert-alkyl or cyclic N) is 1. The summed E-state index contributed by atoms with van der Waals surface area (Å²) in [6, 6.07) is 3.10. The third kappa shape index (κ3) is 2.21. The predicted octanol–water partition coefficient (Wildman–Crippen LogP) is -0.825. The minimum absolute atomic E-state index is 0.221. The van der Waals surface area contributed by atoms with Gasteiger partial charge in [0.05, 0.1) is 13.1 Å². The van der Waals surface area contributed by atoms with E-state index in [4.69, 9.17) is 0 Å². The molecule has 3 aromatic rings. The third-order valence-corrected chi connectivity index (χ3v) is 3.99. The van der Waals surface area contributed by atoms with Crippen LogP contribution in [0.15, 0.2) is 35.5 Å². The molecule has 4 heterocycles. The average molecular weight is 314 g/mol. The summed E-state index contributed by atoms with van der Waals surface area (Å²) in [5, 5.41) is 19.8. The first-order chi connectivity index (χ1) is 11.1. The highest BCUT2D eigenvalue weighted by Gasteiger charge is 2.44. The topological polar surface area (TPSA) is 119 Å². The van der Waals surface area contributed by atoms with Gasteiger partial charge in [0.25, 0.3) is 11.5 Å². The van der Waals surface area contributed by atoms with Gasteiger partial charge in [-0.2, -0.15) is 5.10 Å². The standard InChI is InChI=1S/C14H14N6O3/c21-11-2-3-15-12-10(6-17-20(11)12)13(22)19-7-14(23,8-19)5-9-1-4-16-18-9/h1-4,6,17,23H,5,7-8H2,(H,16,18). The largest absolute Gasteiger partial charge is 0.386 e. The molecule has 0 saturated carbocycles. The fraction of sp³-hybridized carbons (Fsp3) is 0.286. The number of nitrogens with zero attached hydrogens (tertiary/aromatic N) is 4. The van der Waals surface area contributed by atoms with Crippen LogP contribution in [0.2, 0.25) is 0 Å². The van der Waals surface area contributed by atoms with Crippen molar-refractivity contribution in [1.29, 1.82) is 0 Å². The van der Waals surface area contributed by atoms with Crippen molar-refractivity contribution < 1.29 is 9.90 Å². The van der Waals surface area contributed by atoms with Crippen LogP contribution < -0.4 is 5.56 Å². The molecule has 4 rings (SSSR count). The molecule has 118 valence electrons. The van der Waals surface area contributed by atoms with Gasteiger partial charge in [0.1, 0.15) is 11.2 Å². The van der Waals surface area contributed by atoms with Crippen molar-refractivity contribution in [3.05, 3.63) is 52.3 Å². The van der Waals surface area contributed by atoms with Gasteiger partial charge in [0.15, 0.2) is 5.65 Å². The van der Waals surface area contributed by atoms with E-state index in [0.29, 0.717) is 12.0 Å². The minimum atomic E-state index is -0.960. The number of H-pyrrole nitrogens is 2. The smallest absolute Gasteiger partial charge is 0.272 e. The van der Waals surface area contributed by atoms with E-state index >= 15 is 0 Å². The van der Waals surface area contributed by atoms with Gasteiger partial charge < -0.3 is 10.0 Å². The number of aromatic amines is 2. The number of carbonyl (C=O) groups is 1. The van der Waals surface area contributed by atoms with Gasteiger partial charge in [-0.15, -0.1) is 0 Å². The molecule has 1 fully saturated rings. The van der Waals surface area contributed by atoms with E-state index in [9.17, 15) is 14.7 Å². The maximum Gasteiger partial charge on any atom is 0.272 e. The second-order valence-electron chi connectivity index (χ2n) is 5.77. The number of rotatable bonds is 3. The van der Waals surface area contributed by atoms with E-state index in [2.05, 4.69) is 20.3 Å². The molecule has 1 aliphatic rings. The summed E-state index contributed by atoms with van der Waals surface area (Å²) >= 11 is 0. The monoisotopic (exact) mass is 314 g/mol. The van der Waals surface area contributed by atoms with E-state index < -0.39 is 5.60 Å². The Labute approximate surface area is 129 Å². The number of likely N-dealkylation sites (tertiary alicyclic amines) is 1. The summed E-state index contributed by atoms with van der Waals surface area (Å²) in [5.41, 5.74) is 0.171. The van der Waals surface area contributed by atoms with Crippen molar-refractivity contribution in [3.8, 4) is 0 Å². The zero-order chi connectivity index (χ0) is 16.0. The highest BCUT2D eigenvalue weighted by Crippen LogP contribution is 2.26. The predicted molar refractivity (Wildman–Crippen MR) is 79.0 cm³/mol. The quantitative estimate of drug-likeness (QED) is 0.583. The van der Waals surface area contributed by atoms with Crippen LogP contribution in [0.3, 0.4) is 0 Å². The van der Waals surface area contributed by atoms with Crippen molar-refractivity contribution in [2.45, 2.75) is 12.0 Å². The molecular formula is C14H14N6O3. The van der Waals surface area contributed by atoms with E-state index in [1.807, 2.05) is 0 Å². The lowest BCUT2D eigenvalue weighted by Crippen LogP contribution is -2.64. The van der Waals surface area contributed by atoms with Crippen LogP contribution in [-0.4, -0.2) is 59.4 Å². The molecule has 23 heavy (non-hydrogen) atoms. The highest BCUT2D eigenvalue weighted by molar-refractivity contribution is 6.00. The molecule has 0 spiro atoms. The Morgan fingerprint density at radius 2 is 2.17 bits per heavy atom. The van der Waals surface area contributed by atoms with Gasteiger partial charge >= 0.3 is 0 Å². The second-order valence-corrected chi connectivity index (χ2v) is 5.77. The van der Waals surface area contributed by atoms with Gasteiger partial charge in [-0.25, -0.2) is 9.50 Å². The van der Waals surface area contributed by atoms with Crippen molar-refractivity contribution in [2.75, 3.05) is 13.1 Å². The molecule has 1 aliphatic heterocycles. The van der Waals surface area contributed by atoms with Crippen LogP contribution in [0.1, 0.15) is 16.1 Å². The molecule has 3 aromatic heterocycles. The highest BCUT2D eigenvalue weighted by atomic mass is 16.3. The zero-order valence-electron chi connectivity index (χ0n) is 12.1. The number of nitrogens with one attached hydrogen (secondary N) is 2. The fourth-order valence-corrected chi connectivity index (χ4v) is 2.90. The number of aromatic nitrogens is 5. The first-order valence-electron chi connectivity index (χ1n) is 7.11. The maximum absolute atomic E-state index is 12.5. The van der Waals surface area contributed by atoms with Crippen molar-refractivity contribution in [3.63, 3.8) is 0 Å². The summed E-state index contributed by atoms with van der Waals surface area (Å²) in [6.07, 6.45) is 4.85. The Balaban J connectivity index is 1.52. The molecule has 0 radical (unpaired) electrons. The summed E-state index contributed by atoms with van der Waals surface area (Å²) in [6.45, 7) is 0.443. The van der Waals surface area contributed by atoms with Crippen molar-refractivity contribution >= 4 is 11.6 Å². The Morgan fingerprint density at radius 3 is 2.91 bits per heavy atom. The molecule has 0 atom stereocenters. The summed E-state index contributed by atoms with van der Waals surface area (Å²) in [5.74, 6) is -0.267.